The van der Waals surface area contributed by atoms with E-state index in [0.29, 0.717) is 7.11 Å². The summed E-state index contributed by atoms with van der Waals surface area (Å²) in [6.45, 7) is -0.903. The van der Waals surface area contributed by atoms with Gasteiger partial charge in [0.25, 0.3) is 5.56 Å². The number of carbonyl (C=O) groups is 1. The monoisotopic (exact) mass is 570 g/mol. The van der Waals surface area contributed by atoms with Crippen LogP contribution in [0, 0.1) is 5.92 Å². The Morgan fingerprint density at radius 3 is 2.31 bits per heavy atom. The maximum atomic E-state index is 15.1. The molecule has 0 aliphatic carbocycles. The molecule has 2 heterocycles. The van der Waals surface area contributed by atoms with E-state index in [0.717, 1.165) is 23.8 Å². The van der Waals surface area contributed by atoms with Gasteiger partial charge in [-0.25, -0.2) is 22.9 Å². The van der Waals surface area contributed by atoms with Crippen LogP contribution in [-0.2, 0) is 52.2 Å². The Hall–Kier alpha value is -1.55. The van der Waals surface area contributed by atoms with E-state index in [1.165, 1.54) is 0 Å². The van der Waals surface area contributed by atoms with Gasteiger partial charge in [-0.05, 0) is 0 Å². The molecule has 200 valence electrons. The summed E-state index contributed by atoms with van der Waals surface area (Å²) in [4.78, 5) is 64.3. The Morgan fingerprint density at radius 2 is 1.74 bits per heavy atom. The fourth-order valence-electron chi connectivity index (χ4n) is 2.88. The number of nitrogens with one attached hydrogen (secondary N) is 1. The number of carbonyl (C=O) groups excluding carboxylic acids is 1. The summed E-state index contributed by atoms with van der Waals surface area (Å²) in [5, 5.41) is 0. The van der Waals surface area contributed by atoms with Gasteiger partial charge < -0.3 is 24.2 Å². The first kappa shape index (κ1) is 29.7. The molecule has 0 saturated carbocycles. The van der Waals surface area contributed by atoms with Crippen molar-refractivity contribution in [3.8, 4) is 0 Å². The van der Waals surface area contributed by atoms with E-state index < -0.39 is 84.7 Å². The van der Waals surface area contributed by atoms with Gasteiger partial charge in [0.2, 0.25) is 0 Å². The fourth-order valence-corrected chi connectivity index (χ4v) is 6.15. The highest BCUT2D eigenvalue weighted by Crippen LogP contribution is 2.67. The van der Waals surface area contributed by atoms with Crippen LogP contribution in [0.2, 0.25) is 0 Å². The molecule has 1 aliphatic rings. The SMILES string of the molecule is COP(=O)(O)OP(=O)(O)OP(=O)(O)OC[C@H]1O[C@@H](Cn2ccc(=O)[nH]c2=O)[C@H](F)[C@@H]1COC(C)=O. The summed E-state index contributed by atoms with van der Waals surface area (Å²) in [7, 11) is -15.6. The summed E-state index contributed by atoms with van der Waals surface area (Å²) in [6.07, 6.45) is -3.61. The molecule has 1 saturated heterocycles. The number of halogens is 1. The van der Waals surface area contributed by atoms with Crippen LogP contribution >= 0.6 is 23.5 Å². The van der Waals surface area contributed by atoms with Gasteiger partial charge in [0.05, 0.1) is 31.8 Å². The van der Waals surface area contributed by atoms with Crippen LogP contribution in [0.1, 0.15) is 6.92 Å². The second-order valence-electron chi connectivity index (χ2n) is 6.93. The maximum Gasteiger partial charge on any atom is 0.490 e. The van der Waals surface area contributed by atoms with Crippen molar-refractivity contribution in [3.05, 3.63) is 33.1 Å². The van der Waals surface area contributed by atoms with E-state index in [4.69, 9.17) is 14.4 Å². The second kappa shape index (κ2) is 11.7. The molecule has 35 heavy (non-hydrogen) atoms. The number of ether oxygens (including phenoxy) is 2. The lowest BCUT2D eigenvalue weighted by atomic mass is 9.98. The second-order valence-corrected chi connectivity index (χ2v) is 11.7. The minimum Gasteiger partial charge on any atom is -0.465 e. The maximum absolute atomic E-state index is 15.1. The van der Waals surface area contributed by atoms with Crippen molar-refractivity contribution < 1.29 is 64.7 Å². The molecule has 17 nitrogen and oxygen atoms in total. The van der Waals surface area contributed by atoms with Crippen molar-refractivity contribution in [2.24, 2.45) is 5.92 Å². The Bertz CT molecular complexity index is 1170. The van der Waals surface area contributed by atoms with E-state index in [1.807, 2.05) is 4.98 Å². The molecular formula is C14H22FN2O15P3. The molecule has 1 aliphatic heterocycles. The number of esters is 1. The van der Waals surface area contributed by atoms with Crippen LogP contribution in [0.15, 0.2) is 21.9 Å². The highest BCUT2D eigenvalue weighted by atomic mass is 31.3. The molecule has 1 aromatic heterocycles. The number of nitrogens with zero attached hydrogens (tertiary/aromatic N) is 1. The highest BCUT2D eigenvalue weighted by Gasteiger charge is 2.48. The predicted molar refractivity (Wildman–Crippen MR) is 110 cm³/mol. The van der Waals surface area contributed by atoms with Gasteiger partial charge in [0.15, 0.2) is 0 Å². The molecule has 1 fully saturated rings. The first-order valence-corrected chi connectivity index (χ1v) is 13.9. The van der Waals surface area contributed by atoms with Gasteiger partial charge in [0, 0.05) is 26.3 Å². The van der Waals surface area contributed by atoms with Crippen molar-refractivity contribution >= 4 is 29.4 Å². The number of aromatic nitrogens is 2. The zero-order valence-corrected chi connectivity index (χ0v) is 20.7. The van der Waals surface area contributed by atoms with E-state index in [2.05, 4.69) is 17.7 Å². The topological polar surface area (TPSA) is 239 Å². The molecule has 3 unspecified atom stereocenters. The zero-order chi connectivity index (χ0) is 26.6. The molecule has 7 atom stereocenters. The van der Waals surface area contributed by atoms with Crippen LogP contribution < -0.4 is 11.2 Å². The number of aromatic amines is 1. The Morgan fingerprint density at radius 1 is 1.11 bits per heavy atom. The lowest BCUT2D eigenvalue weighted by Crippen LogP contribution is -2.36. The van der Waals surface area contributed by atoms with Crippen molar-refractivity contribution in [1.82, 2.24) is 9.55 Å². The molecule has 4 N–H and O–H groups in total. The van der Waals surface area contributed by atoms with Crippen LogP contribution in [0.5, 0.6) is 0 Å². The molecule has 0 radical (unpaired) electrons. The van der Waals surface area contributed by atoms with E-state index in [9.17, 15) is 37.9 Å². The number of alkyl halides is 1. The van der Waals surface area contributed by atoms with Gasteiger partial charge in [-0.1, -0.05) is 0 Å². The molecule has 1 aromatic rings. The minimum absolute atomic E-state index is 0.417. The van der Waals surface area contributed by atoms with Crippen molar-refractivity contribution in [1.29, 1.82) is 0 Å². The molecule has 0 aromatic carbocycles. The summed E-state index contributed by atoms with van der Waals surface area (Å²) in [5.41, 5.74) is -1.56. The first-order valence-electron chi connectivity index (χ1n) is 9.38. The number of H-pyrrole nitrogens is 1. The number of phosphoric acid groups is 3. The normalized spacial score (nSPS) is 27.5. The third kappa shape index (κ3) is 9.12. The largest absolute Gasteiger partial charge is 0.490 e. The van der Waals surface area contributed by atoms with Crippen LogP contribution in [0.4, 0.5) is 4.39 Å². The number of rotatable bonds is 12. The number of phosphoric ester groups is 2. The van der Waals surface area contributed by atoms with E-state index in [-0.39, 0.29) is 0 Å². The van der Waals surface area contributed by atoms with Gasteiger partial charge >= 0.3 is 35.1 Å². The molecular weight excluding hydrogens is 548 g/mol. The number of hydrogen-bond donors (Lipinski definition) is 4. The minimum atomic E-state index is -5.66. The highest BCUT2D eigenvalue weighted by molar-refractivity contribution is 7.66. The lowest BCUT2D eigenvalue weighted by Gasteiger charge is -2.21. The van der Waals surface area contributed by atoms with Crippen LogP contribution in [0.3, 0.4) is 0 Å². The van der Waals surface area contributed by atoms with Gasteiger partial charge in [-0.15, -0.1) is 0 Å². The average molecular weight is 570 g/mol. The van der Waals surface area contributed by atoms with Crippen LogP contribution in [-0.4, -0.2) is 68.9 Å². The van der Waals surface area contributed by atoms with Crippen molar-refractivity contribution in [3.63, 3.8) is 0 Å². The average Bonchev–Trinajstić information content (AvgIpc) is 3.00. The van der Waals surface area contributed by atoms with Gasteiger partial charge in [-0.3, -0.25) is 28.2 Å². The first-order chi connectivity index (χ1) is 16.0. The van der Waals surface area contributed by atoms with Crippen molar-refractivity contribution in [2.45, 2.75) is 31.8 Å². The molecule has 2 rings (SSSR count). The Kier molecular flexibility index (Phi) is 9.89. The smallest absolute Gasteiger partial charge is 0.465 e. The number of hydrogen-bond acceptors (Lipinski definition) is 12. The zero-order valence-electron chi connectivity index (χ0n) is 18.0. The fraction of sp³-hybridized carbons (Fsp3) is 0.643. The quantitative estimate of drug-likeness (QED) is 0.188. The summed E-state index contributed by atoms with van der Waals surface area (Å²) < 4.78 is 77.2. The molecule has 0 spiro atoms. The Balaban J connectivity index is 2.13. The van der Waals surface area contributed by atoms with Gasteiger partial charge in [-0.2, -0.15) is 8.62 Å². The molecule has 21 heteroatoms. The Labute approximate surface area is 195 Å². The third-order valence-electron chi connectivity index (χ3n) is 4.39. The third-order valence-corrected chi connectivity index (χ3v) is 8.63. The summed E-state index contributed by atoms with van der Waals surface area (Å²) >= 11 is 0. The van der Waals surface area contributed by atoms with Crippen LogP contribution in [0.25, 0.3) is 0 Å². The predicted octanol–water partition coefficient (Wildman–Crippen LogP) is -0.181. The standard InChI is InChI=1S/C14H22FN2O15P3/c1-8(18)28-6-9-11(7-29-34(23,24)32-35(25,26)31-33(21,22)27-2)30-10(13(9)15)5-17-4-3-12(19)16-14(17)20/h3-4,9-11,13H,5-7H2,1-2H3,(H,21,22)(H,23,24)(H,25,26)(H,16,19,20)/t9-,10+,11-,13-/m1/s1. The molecule has 0 bridgehead atoms. The van der Waals surface area contributed by atoms with E-state index >= 15 is 4.39 Å². The lowest BCUT2D eigenvalue weighted by molar-refractivity contribution is -0.143. The summed E-state index contributed by atoms with van der Waals surface area (Å²) in [5.74, 6) is -2.07. The summed E-state index contributed by atoms with van der Waals surface area (Å²) in [6, 6.07) is 1.00. The van der Waals surface area contributed by atoms with E-state index in [1.54, 1.807) is 0 Å². The van der Waals surface area contributed by atoms with Gasteiger partial charge in [0.1, 0.15) is 12.3 Å². The molecule has 0 amide bonds. The van der Waals surface area contributed by atoms with Crippen molar-refractivity contribution in [2.75, 3.05) is 20.3 Å².